The van der Waals surface area contributed by atoms with Gasteiger partial charge in [-0.3, -0.25) is 0 Å². The first-order valence-electron chi connectivity index (χ1n) is 4.64. The smallest absolute Gasteiger partial charge is 0.338 e. The van der Waals surface area contributed by atoms with Gasteiger partial charge in [0.15, 0.2) is 0 Å². The standard InChI is InChI=1S/C11H7IN2O3/c12-8-2-1-3-9(4-8)17-11-13-5-7(6-14-11)10(15)16/h1-6H,(H,15,16). The summed E-state index contributed by atoms with van der Waals surface area (Å²) >= 11 is 2.16. The number of ether oxygens (including phenoxy) is 1. The van der Waals surface area contributed by atoms with Crippen LogP contribution in [-0.4, -0.2) is 21.0 Å². The van der Waals surface area contributed by atoms with Crippen LogP contribution in [-0.2, 0) is 0 Å². The van der Waals surface area contributed by atoms with Crippen LogP contribution in [0.15, 0.2) is 36.7 Å². The molecule has 0 amide bonds. The van der Waals surface area contributed by atoms with Crippen molar-refractivity contribution < 1.29 is 14.6 Å². The first-order chi connectivity index (χ1) is 8.15. The van der Waals surface area contributed by atoms with E-state index < -0.39 is 5.97 Å². The van der Waals surface area contributed by atoms with Gasteiger partial charge < -0.3 is 9.84 Å². The zero-order chi connectivity index (χ0) is 12.3. The zero-order valence-electron chi connectivity index (χ0n) is 8.50. The third kappa shape index (κ3) is 3.13. The van der Waals surface area contributed by atoms with Crippen LogP contribution in [0.4, 0.5) is 0 Å². The lowest BCUT2D eigenvalue weighted by Crippen LogP contribution is -1.99. The number of aromatic nitrogens is 2. The molecule has 1 aromatic heterocycles. The van der Waals surface area contributed by atoms with E-state index in [1.165, 1.54) is 12.4 Å². The molecular formula is C11H7IN2O3. The number of rotatable bonds is 3. The Hall–Kier alpha value is -1.70. The molecule has 0 aliphatic carbocycles. The van der Waals surface area contributed by atoms with Crippen molar-refractivity contribution in [2.75, 3.05) is 0 Å². The molecule has 0 atom stereocenters. The van der Waals surface area contributed by atoms with Gasteiger partial charge in [0.25, 0.3) is 0 Å². The lowest BCUT2D eigenvalue weighted by atomic mass is 10.3. The van der Waals surface area contributed by atoms with E-state index in [4.69, 9.17) is 9.84 Å². The molecule has 0 saturated carbocycles. The maximum atomic E-state index is 10.6. The van der Waals surface area contributed by atoms with Crippen LogP contribution in [0.25, 0.3) is 0 Å². The first kappa shape index (κ1) is 11.8. The molecule has 0 fully saturated rings. The lowest BCUT2D eigenvalue weighted by molar-refractivity contribution is 0.0696. The second kappa shape index (κ2) is 5.09. The number of carboxylic acids is 1. The van der Waals surface area contributed by atoms with Crippen LogP contribution in [0.5, 0.6) is 11.8 Å². The van der Waals surface area contributed by atoms with Crippen molar-refractivity contribution in [3.63, 3.8) is 0 Å². The van der Waals surface area contributed by atoms with Gasteiger partial charge in [0.05, 0.1) is 5.56 Å². The highest BCUT2D eigenvalue weighted by Gasteiger charge is 2.05. The molecule has 0 radical (unpaired) electrons. The van der Waals surface area contributed by atoms with E-state index in [2.05, 4.69) is 32.6 Å². The molecular weight excluding hydrogens is 335 g/mol. The molecule has 0 saturated heterocycles. The van der Waals surface area contributed by atoms with Crippen molar-refractivity contribution in [2.24, 2.45) is 0 Å². The monoisotopic (exact) mass is 342 g/mol. The number of halogens is 1. The van der Waals surface area contributed by atoms with Crippen molar-refractivity contribution in [3.05, 3.63) is 45.8 Å². The summed E-state index contributed by atoms with van der Waals surface area (Å²) in [6.45, 7) is 0. The largest absolute Gasteiger partial charge is 0.478 e. The Balaban J connectivity index is 2.16. The Morgan fingerprint density at radius 2 is 2.00 bits per heavy atom. The van der Waals surface area contributed by atoms with Crippen LogP contribution in [0.3, 0.4) is 0 Å². The topological polar surface area (TPSA) is 72.3 Å². The van der Waals surface area contributed by atoms with Crippen LogP contribution < -0.4 is 4.74 Å². The van der Waals surface area contributed by atoms with Crippen molar-refractivity contribution in [3.8, 4) is 11.8 Å². The summed E-state index contributed by atoms with van der Waals surface area (Å²) in [4.78, 5) is 18.2. The number of carboxylic acid groups (broad SMARTS) is 1. The third-order valence-corrected chi connectivity index (χ3v) is 2.55. The highest BCUT2D eigenvalue weighted by molar-refractivity contribution is 14.1. The van der Waals surface area contributed by atoms with Crippen molar-refractivity contribution in [1.29, 1.82) is 0 Å². The maximum absolute atomic E-state index is 10.6. The molecule has 2 aromatic rings. The predicted octanol–water partition coefficient (Wildman–Crippen LogP) is 2.57. The normalized spacial score (nSPS) is 9.94. The van der Waals surface area contributed by atoms with Crippen LogP contribution in [0.2, 0.25) is 0 Å². The molecule has 0 spiro atoms. The predicted molar refractivity (Wildman–Crippen MR) is 68.2 cm³/mol. The van der Waals surface area contributed by atoms with E-state index in [-0.39, 0.29) is 11.6 Å². The van der Waals surface area contributed by atoms with Gasteiger partial charge in [0.1, 0.15) is 5.75 Å². The van der Waals surface area contributed by atoms with Gasteiger partial charge in [-0.2, -0.15) is 0 Å². The van der Waals surface area contributed by atoms with Gasteiger partial charge in [-0.15, -0.1) is 0 Å². The Morgan fingerprint density at radius 1 is 1.29 bits per heavy atom. The molecule has 1 heterocycles. The second-order valence-corrected chi connectivity index (χ2v) is 4.36. The fraction of sp³-hybridized carbons (Fsp3) is 0. The molecule has 2 rings (SSSR count). The Labute approximate surface area is 111 Å². The molecule has 0 bridgehead atoms. The molecule has 1 N–H and O–H groups in total. The van der Waals surface area contributed by atoms with E-state index in [0.717, 1.165) is 3.57 Å². The third-order valence-electron chi connectivity index (χ3n) is 1.88. The average Bonchev–Trinajstić information content (AvgIpc) is 2.29. The van der Waals surface area contributed by atoms with Crippen molar-refractivity contribution in [2.45, 2.75) is 0 Å². The van der Waals surface area contributed by atoms with Gasteiger partial charge in [0.2, 0.25) is 0 Å². The molecule has 0 unspecified atom stereocenters. The molecule has 5 nitrogen and oxygen atoms in total. The lowest BCUT2D eigenvalue weighted by Gasteiger charge is -2.03. The van der Waals surface area contributed by atoms with Crippen LogP contribution in [0.1, 0.15) is 10.4 Å². The van der Waals surface area contributed by atoms with Crippen molar-refractivity contribution >= 4 is 28.6 Å². The SMILES string of the molecule is O=C(O)c1cnc(Oc2cccc(I)c2)nc1. The first-order valence-corrected chi connectivity index (χ1v) is 5.72. The van der Waals surface area contributed by atoms with E-state index in [1.807, 2.05) is 18.2 Å². The minimum atomic E-state index is -1.06. The number of carbonyl (C=O) groups is 1. The fourth-order valence-corrected chi connectivity index (χ4v) is 1.63. The molecule has 86 valence electrons. The highest BCUT2D eigenvalue weighted by Crippen LogP contribution is 2.19. The number of hydrogen-bond donors (Lipinski definition) is 1. The van der Waals surface area contributed by atoms with Gasteiger partial charge >= 0.3 is 12.0 Å². The molecule has 6 heteroatoms. The minimum absolute atomic E-state index is 0.0278. The number of benzene rings is 1. The van der Waals surface area contributed by atoms with E-state index in [0.29, 0.717) is 5.75 Å². The summed E-state index contributed by atoms with van der Waals surface area (Å²) in [6, 6.07) is 7.51. The summed E-state index contributed by atoms with van der Waals surface area (Å²) in [5, 5.41) is 8.68. The summed E-state index contributed by atoms with van der Waals surface area (Å²) < 4.78 is 6.40. The van der Waals surface area contributed by atoms with Gasteiger partial charge in [-0.25, -0.2) is 14.8 Å². The van der Waals surface area contributed by atoms with Crippen molar-refractivity contribution in [1.82, 2.24) is 9.97 Å². The summed E-state index contributed by atoms with van der Waals surface area (Å²) in [6.07, 6.45) is 2.41. The van der Waals surface area contributed by atoms with E-state index in [1.54, 1.807) is 6.07 Å². The number of aromatic carboxylic acids is 1. The zero-order valence-corrected chi connectivity index (χ0v) is 10.7. The molecule has 1 aromatic carbocycles. The number of nitrogens with zero attached hydrogens (tertiary/aromatic N) is 2. The van der Waals surface area contributed by atoms with Gasteiger partial charge in [-0.1, -0.05) is 6.07 Å². The summed E-state index contributed by atoms with van der Waals surface area (Å²) in [7, 11) is 0. The quantitative estimate of drug-likeness (QED) is 0.868. The molecule has 0 aliphatic heterocycles. The maximum Gasteiger partial charge on any atom is 0.338 e. The Morgan fingerprint density at radius 3 is 2.59 bits per heavy atom. The van der Waals surface area contributed by atoms with Crippen LogP contribution >= 0.6 is 22.6 Å². The minimum Gasteiger partial charge on any atom is -0.478 e. The number of hydrogen-bond acceptors (Lipinski definition) is 4. The Kier molecular flexibility index (Phi) is 3.52. The van der Waals surface area contributed by atoms with E-state index in [9.17, 15) is 4.79 Å². The van der Waals surface area contributed by atoms with Crippen LogP contribution in [0, 0.1) is 3.57 Å². The fourth-order valence-electron chi connectivity index (χ4n) is 1.12. The van der Waals surface area contributed by atoms with Gasteiger partial charge in [0, 0.05) is 16.0 Å². The summed E-state index contributed by atoms with van der Waals surface area (Å²) in [5.41, 5.74) is 0.0278. The summed E-state index contributed by atoms with van der Waals surface area (Å²) in [5.74, 6) is -0.453. The average molecular weight is 342 g/mol. The van der Waals surface area contributed by atoms with Gasteiger partial charge in [-0.05, 0) is 40.8 Å². The molecule has 0 aliphatic rings. The second-order valence-electron chi connectivity index (χ2n) is 3.12. The van der Waals surface area contributed by atoms with E-state index >= 15 is 0 Å². The molecule has 17 heavy (non-hydrogen) atoms. The highest BCUT2D eigenvalue weighted by atomic mass is 127. The Bertz CT molecular complexity index is 543.